The Balaban J connectivity index is 1.51. The van der Waals surface area contributed by atoms with Gasteiger partial charge in [-0.05, 0) is 75.2 Å². The molecule has 6 aromatic carbocycles. The van der Waals surface area contributed by atoms with Crippen molar-refractivity contribution in [3.63, 3.8) is 0 Å². The summed E-state index contributed by atoms with van der Waals surface area (Å²) in [6, 6.07) is 53.4. The molecule has 6 aromatic rings. The minimum atomic E-state index is -1.58. The molecule has 0 aliphatic carbocycles. The maximum Gasteiger partial charge on any atom is 0.489 e. The Kier molecular flexibility index (Phi) is 7.27. The first-order chi connectivity index (χ1) is 19.7. The van der Waals surface area contributed by atoms with E-state index in [0.29, 0.717) is 5.46 Å². The van der Waals surface area contributed by atoms with E-state index in [-0.39, 0.29) is 0 Å². The summed E-state index contributed by atoms with van der Waals surface area (Å²) in [4.78, 5) is 2.21. The van der Waals surface area contributed by atoms with E-state index in [0.717, 1.165) is 44.9 Å². The Morgan fingerprint density at radius 3 is 1.45 bits per heavy atom. The topological polar surface area (TPSA) is 43.7 Å². The predicted molar refractivity (Wildman–Crippen MR) is 167 cm³/mol. The molecule has 0 atom stereocenters. The molecule has 0 heterocycles. The van der Waals surface area contributed by atoms with E-state index in [2.05, 4.69) is 77.7 Å². The lowest BCUT2D eigenvalue weighted by molar-refractivity contribution is 0.426. The standard InChI is InChI=1S/C36H28BNO2/c39-37(40)36-24-23-34(26-35(36)30-15-8-3-9-16-30)38(32-21-19-29(20-22-32)27-11-4-1-5-12-27)33-18-10-17-31(25-33)28-13-6-2-7-14-28/h1-26,39-40H. The largest absolute Gasteiger partial charge is 0.489 e. The monoisotopic (exact) mass is 517 g/mol. The van der Waals surface area contributed by atoms with Crippen molar-refractivity contribution in [2.75, 3.05) is 4.90 Å². The van der Waals surface area contributed by atoms with E-state index in [1.54, 1.807) is 6.07 Å². The van der Waals surface area contributed by atoms with Crippen LogP contribution in [0.25, 0.3) is 33.4 Å². The maximum atomic E-state index is 10.2. The van der Waals surface area contributed by atoms with Gasteiger partial charge in [0.2, 0.25) is 0 Å². The normalized spacial score (nSPS) is 10.8. The van der Waals surface area contributed by atoms with E-state index in [9.17, 15) is 10.0 Å². The second-order valence-electron chi connectivity index (χ2n) is 9.68. The van der Waals surface area contributed by atoms with Crippen molar-refractivity contribution in [1.82, 2.24) is 0 Å². The third kappa shape index (κ3) is 5.32. The van der Waals surface area contributed by atoms with E-state index >= 15 is 0 Å². The van der Waals surface area contributed by atoms with E-state index in [1.165, 1.54) is 5.56 Å². The van der Waals surface area contributed by atoms with Gasteiger partial charge in [-0.2, -0.15) is 0 Å². The van der Waals surface area contributed by atoms with Crippen LogP contribution in [-0.2, 0) is 0 Å². The van der Waals surface area contributed by atoms with Crippen LogP contribution >= 0.6 is 0 Å². The van der Waals surface area contributed by atoms with Crippen LogP contribution in [0.15, 0.2) is 158 Å². The molecule has 192 valence electrons. The molecule has 0 bridgehead atoms. The molecule has 3 nitrogen and oxygen atoms in total. The third-order valence-electron chi connectivity index (χ3n) is 7.10. The highest BCUT2D eigenvalue weighted by molar-refractivity contribution is 6.60. The van der Waals surface area contributed by atoms with Gasteiger partial charge in [0, 0.05) is 17.1 Å². The van der Waals surface area contributed by atoms with E-state index < -0.39 is 7.12 Å². The fourth-order valence-corrected chi connectivity index (χ4v) is 5.11. The van der Waals surface area contributed by atoms with Crippen molar-refractivity contribution < 1.29 is 10.0 Å². The average Bonchev–Trinajstić information content (AvgIpc) is 3.03. The summed E-state index contributed by atoms with van der Waals surface area (Å²) >= 11 is 0. The molecule has 0 spiro atoms. The third-order valence-corrected chi connectivity index (χ3v) is 7.10. The van der Waals surface area contributed by atoms with Gasteiger partial charge in [0.15, 0.2) is 0 Å². The van der Waals surface area contributed by atoms with Crippen LogP contribution in [0.2, 0.25) is 0 Å². The summed E-state index contributed by atoms with van der Waals surface area (Å²) in [5.41, 5.74) is 9.66. The highest BCUT2D eigenvalue weighted by Gasteiger charge is 2.21. The van der Waals surface area contributed by atoms with Crippen molar-refractivity contribution in [2.45, 2.75) is 0 Å². The van der Waals surface area contributed by atoms with Gasteiger partial charge < -0.3 is 14.9 Å². The van der Waals surface area contributed by atoms with Crippen LogP contribution in [-0.4, -0.2) is 17.2 Å². The zero-order valence-corrected chi connectivity index (χ0v) is 21.9. The van der Waals surface area contributed by atoms with Gasteiger partial charge in [0.05, 0.1) is 0 Å². The Morgan fingerprint density at radius 2 is 0.850 bits per heavy atom. The zero-order chi connectivity index (χ0) is 27.3. The highest BCUT2D eigenvalue weighted by atomic mass is 16.4. The summed E-state index contributed by atoms with van der Waals surface area (Å²) in [6.45, 7) is 0. The average molecular weight is 517 g/mol. The van der Waals surface area contributed by atoms with Gasteiger partial charge in [-0.3, -0.25) is 0 Å². The molecule has 0 fully saturated rings. The summed E-state index contributed by atoms with van der Waals surface area (Å²) in [5.74, 6) is 0. The predicted octanol–water partition coefficient (Wildman–Crippen LogP) is 7.84. The Morgan fingerprint density at radius 1 is 0.375 bits per heavy atom. The Labute approximate surface area is 235 Å². The maximum absolute atomic E-state index is 10.2. The summed E-state index contributed by atoms with van der Waals surface area (Å²) in [6.07, 6.45) is 0. The van der Waals surface area contributed by atoms with Gasteiger partial charge in [0.25, 0.3) is 0 Å². The molecule has 0 unspecified atom stereocenters. The molecule has 0 aliphatic rings. The van der Waals surface area contributed by atoms with Gasteiger partial charge in [0.1, 0.15) is 0 Å². The molecule has 0 saturated carbocycles. The molecule has 0 aromatic heterocycles. The quantitative estimate of drug-likeness (QED) is 0.212. The van der Waals surface area contributed by atoms with E-state index in [1.807, 2.05) is 78.9 Å². The molecular formula is C36H28BNO2. The van der Waals surface area contributed by atoms with Crippen molar-refractivity contribution in [3.05, 3.63) is 158 Å². The molecule has 4 heteroatoms. The number of hydrogen-bond acceptors (Lipinski definition) is 3. The fourth-order valence-electron chi connectivity index (χ4n) is 5.11. The molecule has 0 radical (unpaired) electrons. The first kappa shape index (κ1) is 25.4. The first-order valence-corrected chi connectivity index (χ1v) is 13.3. The molecular weight excluding hydrogens is 489 g/mol. The molecule has 0 saturated heterocycles. The van der Waals surface area contributed by atoms with Crippen molar-refractivity contribution in [1.29, 1.82) is 0 Å². The zero-order valence-electron chi connectivity index (χ0n) is 21.9. The lowest BCUT2D eigenvalue weighted by Crippen LogP contribution is -2.31. The number of nitrogens with zero attached hydrogens (tertiary/aromatic N) is 1. The van der Waals surface area contributed by atoms with Crippen LogP contribution in [0.3, 0.4) is 0 Å². The number of benzene rings is 6. The fraction of sp³-hybridized carbons (Fsp3) is 0. The molecule has 2 N–H and O–H groups in total. The van der Waals surface area contributed by atoms with Crippen LogP contribution in [0.1, 0.15) is 0 Å². The Bertz CT molecular complexity index is 1700. The summed E-state index contributed by atoms with van der Waals surface area (Å²) in [7, 11) is -1.58. The highest BCUT2D eigenvalue weighted by Crippen LogP contribution is 2.38. The smallest absolute Gasteiger partial charge is 0.423 e. The minimum absolute atomic E-state index is 0.465. The second kappa shape index (κ2) is 11.5. The SMILES string of the molecule is OB(O)c1ccc(N(c2ccc(-c3ccccc3)cc2)c2cccc(-c3ccccc3)c2)cc1-c1ccccc1. The summed E-state index contributed by atoms with van der Waals surface area (Å²) in [5, 5.41) is 20.3. The van der Waals surface area contributed by atoms with Crippen LogP contribution in [0, 0.1) is 0 Å². The minimum Gasteiger partial charge on any atom is -0.423 e. The molecule has 0 aliphatic heterocycles. The van der Waals surface area contributed by atoms with Crippen molar-refractivity contribution in [2.24, 2.45) is 0 Å². The van der Waals surface area contributed by atoms with Gasteiger partial charge >= 0.3 is 7.12 Å². The number of rotatable bonds is 7. The van der Waals surface area contributed by atoms with Gasteiger partial charge in [-0.25, -0.2) is 0 Å². The lowest BCUT2D eigenvalue weighted by atomic mass is 9.75. The summed E-state index contributed by atoms with van der Waals surface area (Å²) < 4.78 is 0. The van der Waals surface area contributed by atoms with Crippen molar-refractivity contribution >= 4 is 29.6 Å². The lowest BCUT2D eigenvalue weighted by Gasteiger charge is -2.27. The number of anilines is 3. The van der Waals surface area contributed by atoms with E-state index in [4.69, 9.17) is 0 Å². The molecule has 0 amide bonds. The second-order valence-corrected chi connectivity index (χ2v) is 9.68. The van der Waals surface area contributed by atoms with Crippen molar-refractivity contribution in [3.8, 4) is 33.4 Å². The van der Waals surface area contributed by atoms with Gasteiger partial charge in [-0.1, -0.05) is 121 Å². The van der Waals surface area contributed by atoms with Crippen LogP contribution < -0.4 is 10.4 Å². The van der Waals surface area contributed by atoms with Crippen LogP contribution in [0.5, 0.6) is 0 Å². The first-order valence-electron chi connectivity index (χ1n) is 13.3. The molecule has 40 heavy (non-hydrogen) atoms. The van der Waals surface area contributed by atoms with Crippen LogP contribution in [0.4, 0.5) is 17.1 Å². The van der Waals surface area contributed by atoms with Gasteiger partial charge in [-0.15, -0.1) is 0 Å². The Hall–Kier alpha value is -4.90. The molecule has 6 rings (SSSR count). The number of hydrogen-bond donors (Lipinski definition) is 2.